The molecular weight excluding hydrogens is 638 g/mol. The van der Waals surface area contributed by atoms with Crippen molar-refractivity contribution in [1.29, 1.82) is 0 Å². The summed E-state index contributed by atoms with van der Waals surface area (Å²) in [6, 6.07) is 6.07. The predicted octanol–water partition coefficient (Wildman–Crippen LogP) is 5.34. The molecule has 4 atom stereocenters. The predicted molar refractivity (Wildman–Crippen MR) is 182 cm³/mol. The summed E-state index contributed by atoms with van der Waals surface area (Å²) in [6.45, 7) is 15.6. The van der Waals surface area contributed by atoms with Crippen LogP contribution in [0.4, 0.5) is 9.93 Å². The zero-order valence-corrected chi connectivity index (χ0v) is 29.4. The van der Waals surface area contributed by atoms with Crippen LogP contribution >= 0.6 is 11.3 Å². The molecule has 258 valence electrons. The SMILES string of the molecule is C=CC(C)[C@@](C)(NC(=O)[C@@H]1CC(Oc2cc(-c3csc(NC(C)=O)n3)nc3cc(OC)ccc23)CN1C(=O)OC(C)(C)C)C(=O)OCC. The van der Waals surface area contributed by atoms with Crippen LogP contribution in [0.25, 0.3) is 22.3 Å². The zero-order valence-electron chi connectivity index (χ0n) is 28.5. The lowest BCUT2D eigenvalue weighted by Gasteiger charge is -2.35. The van der Waals surface area contributed by atoms with Crippen LogP contribution in [0.1, 0.15) is 54.9 Å². The Morgan fingerprint density at radius 2 is 1.88 bits per heavy atom. The molecule has 14 heteroatoms. The molecule has 1 saturated heterocycles. The van der Waals surface area contributed by atoms with Gasteiger partial charge in [0.05, 0.1) is 31.5 Å². The van der Waals surface area contributed by atoms with Crippen LogP contribution in [0.2, 0.25) is 0 Å². The van der Waals surface area contributed by atoms with Crippen LogP contribution in [0.15, 0.2) is 42.3 Å². The first-order valence-electron chi connectivity index (χ1n) is 15.6. The third-order valence-corrected chi connectivity index (χ3v) is 8.62. The Balaban J connectivity index is 1.71. The number of rotatable bonds is 11. The van der Waals surface area contributed by atoms with Crippen LogP contribution < -0.4 is 20.1 Å². The van der Waals surface area contributed by atoms with Gasteiger partial charge in [-0.15, -0.1) is 17.9 Å². The number of likely N-dealkylation sites (tertiary alicyclic amines) is 1. The zero-order chi connectivity index (χ0) is 35.4. The molecule has 3 amide bonds. The number of ether oxygens (including phenoxy) is 4. The van der Waals surface area contributed by atoms with Crippen LogP contribution in [-0.4, -0.2) is 82.3 Å². The van der Waals surface area contributed by atoms with Crippen molar-refractivity contribution in [3.63, 3.8) is 0 Å². The summed E-state index contributed by atoms with van der Waals surface area (Å²) >= 11 is 1.26. The van der Waals surface area contributed by atoms with E-state index in [2.05, 4.69) is 22.2 Å². The maximum atomic E-state index is 14.0. The van der Waals surface area contributed by atoms with E-state index in [0.29, 0.717) is 38.9 Å². The lowest BCUT2D eigenvalue weighted by atomic mass is 9.86. The van der Waals surface area contributed by atoms with Gasteiger partial charge >= 0.3 is 12.1 Å². The van der Waals surface area contributed by atoms with Crippen molar-refractivity contribution in [2.45, 2.75) is 78.2 Å². The average Bonchev–Trinajstić information content (AvgIpc) is 3.66. The number of hydrogen-bond donors (Lipinski definition) is 2. The van der Waals surface area contributed by atoms with Gasteiger partial charge in [0.15, 0.2) is 5.13 Å². The minimum Gasteiger partial charge on any atom is -0.497 e. The first kappa shape index (κ1) is 36.1. The summed E-state index contributed by atoms with van der Waals surface area (Å²) in [7, 11) is 1.56. The number of amides is 3. The van der Waals surface area contributed by atoms with Gasteiger partial charge in [-0.05, 0) is 46.8 Å². The number of methoxy groups -OCH3 is 1. The van der Waals surface area contributed by atoms with E-state index < -0.39 is 47.2 Å². The number of fused-ring (bicyclic) bond motifs is 1. The van der Waals surface area contributed by atoms with Gasteiger partial charge in [-0.1, -0.05) is 13.0 Å². The van der Waals surface area contributed by atoms with Crippen molar-refractivity contribution in [1.82, 2.24) is 20.2 Å². The molecule has 2 N–H and O–H groups in total. The molecule has 4 rings (SSSR count). The van der Waals surface area contributed by atoms with E-state index in [9.17, 15) is 19.2 Å². The fraction of sp³-hybridized carbons (Fsp3) is 0.471. The molecule has 2 aromatic heterocycles. The highest BCUT2D eigenvalue weighted by Crippen LogP contribution is 2.36. The van der Waals surface area contributed by atoms with Gasteiger partial charge in [0.1, 0.15) is 40.5 Å². The summed E-state index contributed by atoms with van der Waals surface area (Å²) in [5.41, 5.74) is -0.694. The van der Waals surface area contributed by atoms with Crippen molar-refractivity contribution in [2.24, 2.45) is 5.92 Å². The summed E-state index contributed by atoms with van der Waals surface area (Å²) in [6.07, 6.45) is 0.322. The highest BCUT2D eigenvalue weighted by molar-refractivity contribution is 7.14. The Hall–Kier alpha value is -4.72. The number of thiazole rings is 1. The summed E-state index contributed by atoms with van der Waals surface area (Å²) in [5.74, 6) is -0.878. The topological polar surface area (TPSA) is 158 Å². The van der Waals surface area contributed by atoms with Gasteiger partial charge < -0.3 is 29.6 Å². The first-order chi connectivity index (χ1) is 22.6. The summed E-state index contributed by atoms with van der Waals surface area (Å²) < 4.78 is 22.9. The number of benzene rings is 1. The Kier molecular flexibility index (Phi) is 11.0. The molecule has 3 aromatic rings. The van der Waals surface area contributed by atoms with Crippen molar-refractivity contribution in [2.75, 3.05) is 25.6 Å². The molecule has 0 saturated carbocycles. The molecule has 0 spiro atoms. The normalized spacial score (nSPS) is 18.0. The third-order valence-electron chi connectivity index (χ3n) is 7.86. The Morgan fingerprint density at radius 1 is 1.15 bits per heavy atom. The second-order valence-electron chi connectivity index (χ2n) is 12.7. The molecule has 3 heterocycles. The number of nitrogens with one attached hydrogen (secondary N) is 2. The van der Waals surface area contributed by atoms with Crippen molar-refractivity contribution in [3.05, 3.63) is 42.3 Å². The van der Waals surface area contributed by atoms with Crippen LogP contribution in [0.3, 0.4) is 0 Å². The molecule has 1 aromatic carbocycles. The molecule has 48 heavy (non-hydrogen) atoms. The monoisotopic (exact) mass is 681 g/mol. The number of nitrogens with zero attached hydrogens (tertiary/aromatic N) is 3. The van der Waals surface area contributed by atoms with Gasteiger partial charge in [-0.2, -0.15) is 0 Å². The number of pyridine rings is 1. The largest absolute Gasteiger partial charge is 0.497 e. The highest BCUT2D eigenvalue weighted by atomic mass is 32.1. The number of carbonyl (C=O) groups excluding carboxylic acids is 4. The number of anilines is 1. The number of aromatic nitrogens is 2. The molecule has 0 radical (unpaired) electrons. The van der Waals surface area contributed by atoms with Crippen molar-refractivity contribution in [3.8, 4) is 22.9 Å². The van der Waals surface area contributed by atoms with Crippen LogP contribution in [0.5, 0.6) is 11.5 Å². The second kappa shape index (κ2) is 14.6. The van der Waals surface area contributed by atoms with E-state index in [1.165, 1.54) is 23.2 Å². The van der Waals surface area contributed by atoms with E-state index >= 15 is 0 Å². The molecule has 0 aliphatic carbocycles. The van der Waals surface area contributed by atoms with Crippen LogP contribution in [0, 0.1) is 5.92 Å². The maximum Gasteiger partial charge on any atom is 0.411 e. The van der Waals surface area contributed by atoms with Crippen molar-refractivity contribution >= 4 is 51.2 Å². The van der Waals surface area contributed by atoms with Gasteiger partial charge in [-0.3, -0.25) is 14.5 Å². The molecule has 1 fully saturated rings. The smallest absolute Gasteiger partial charge is 0.411 e. The Morgan fingerprint density at radius 3 is 2.50 bits per heavy atom. The second-order valence-corrected chi connectivity index (χ2v) is 13.5. The number of hydrogen-bond acceptors (Lipinski definition) is 11. The van der Waals surface area contributed by atoms with Gasteiger partial charge in [0, 0.05) is 42.2 Å². The third kappa shape index (κ3) is 8.22. The quantitative estimate of drug-likeness (QED) is 0.200. The van der Waals surface area contributed by atoms with Crippen molar-refractivity contribution < 1.29 is 38.1 Å². The highest BCUT2D eigenvalue weighted by Gasteiger charge is 2.47. The fourth-order valence-electron chi connectivity index (χ4n) is 5.17. The lowest BCUT2D eigenvalue weighted by Crippen LogP contribution is -2.60. The lowest BCUT2D eigenvalue weighted by molar-refractivity contribution is -0.154. The molecule has 2 unspecified atom stereocenters. The minimum absolute atomic E-state index is 0.0266. The van der Waals surface area contributed by atoms with Gasteiger partial charge in [0.2, 0.25) is 11.8 Å². The summed E-state index contributed by atoms with van der Waals surface area (Å²) in [4.78, 5) is 62.6. The van der Waals surface area contributed by atoms with E-state index in [0.717, 1.165) is 0 Å². The Labute approximate surface area is 284 Å². The standard InChI is InChI=1S/C34H43N5O8S/c1-10-19(3)34(8,30(42)45-11-2)38-29(41)27-15-22(17-39(27)32(43)47-33(5,6)7)46-28-16-25(26-18-48-31(37-26)35-20(4)40)36-24-14-21(44-9)12-13-23(24)28/h10,12-14,16,18-19,22,27H,1,11,15,17H2,2-9H3,(H,38,41)(H,35,37,40)/t19?,22?,27-,34+/m0/s1. The fourth-order valence-corrected chi connectivity index (χ4v) is 5.92. The van der Waals surface area contributed by atoms with Gasteiger partial charge in [-0.25, -0.2) is 19.6 Å². The Bertz CT molecular complexity index is 1700. The van der Waals surface area contributed by atoms with E-state index in [1.54, 1.807) is 78.3 Å². The average molecular weight is 682 g/mol. The molecule has 1 aliphatic rings. The number of carbonyl (C=O) groups is 4. The van der Waals surface area contributed by atoms with E-state index in [-0.39, 0.29) is 25.5 Å². The van der Waals surface area contributed by atoms with Crippen LogP contribution in [-0.2, 0) is 23.9 Å². The molecule has 13 nitrogen and oxygen atoms in total. The van der Waals surface area contributed by atoms with Gasteiger partial charge in [0.25, 0.3) is 0 Å². The van der Waals surface area contributed by atoms with E-state index in [1.807, 2.05) is 6.07 Å². The minimum atomic E-state index is -1.44. The van der Waals surface area contributed by atoms with E-state index in [4.69, 9.17) is 23.9 Å². The molecule has 1 aliphatic heterocycles. The number of esters is 1. The summed E-state index contributed by atoms with van der Waals surface area (Å²) in [5, 5.41) is 8.38. The molecule has 0 bridgehead atoms. The first-order valence-corrected chi connectivity index (χ1v) is 16.5. The maximum absolute atomic E-state index is 14.0. The molecular formula is C34H43N5O8S.